The average Bonchev–Trinajstić information content (AvgIpc) is 3.08. The van der Waals surface area contributed by atoms with Crippen LogP contribution in [0.4, 0.5) is 0 Å². The predicted octanol–water partition coefficient (Wildman–Crippen LogP) is 2.04. The van der Waals surface area contributed by atoms with Crippen molar-refractivity contribution in [1.82, 2.24) is 0 Å². The van der Waals surface area contributed by atoms with Crippen LogP contribution in [0.1, 0.15) is 18.6 Å². The van der Waals surface area contributed by atoms with Crippen LogP contribution in [0.2, 0.25) is 0 Å². The molecule has 0 unspecified atom stereocenters. The average molecular weight is 304 g/mol. The van der Waals surface area contributed by atoms with Crippen LogP contribution in [-0.2, 0) is 9.47 Å². The van der Waals surface area contributed by atoms with Gasteiger partial charge in [0.25, 0.3) is 0 Å². The van der Waals surface area contributed by atoms with Crippen LogP contribution in [0.25, 0.3) is 11.0 Å². The van der Waals surface area contributed by atoms with Crippen molar-refractivity contribution in [1.29, 1.82) is 0 Å². The smallest absolute Gasteiger partial charge is 0.336 e. The standard InChI is InChI=1S/C16H16O6/c1-16-7-20-14(15(16)22-16)12-10(19-3)6-9(18-2)8-4-5-11(17)21-13(8)12/h4-6,14-15H,7H2,1-3H3/t14-,15-,16+/m0/s1. The first-order chi connectivity index (χ1) is 10.6. The normalized spacial score (nSPS) is 29.4. The monoisotopic (exact) mass is 304 g/mol. The zero-order valence-electron chi connectivity index (χ0n) is 12.5. The summed E-state index contributed by atoms with van der Waals surface area (Å²) in [5.41, 5.74) is 0.439. The summed E-state index contributed by atoms with van der Waals surface area (Å²) in [5, 5.41) is 0.704. The molecule has 2 aliphatic heterocycles. The van der Waals surface area contributed by atoms with Crippen LogP contribution in [0.15, 0.2) is 27.4 Å². The maximum Gasteiger partial charge on any atom is 0.336 e. The molecule has 6 heteroatoms. The van der Waals surface area contributed by atoms with E-state index in [9.17, 15) is 4.79 Å². The van der Waals surface area contributed by atoms with Crippen LogP contribution < -0.4 is 15.1 Å². The third kappa shape index (κ3) is 1.77. The van der Waals surface area contributed by atoms with Gasteiger partial charge in [-0.2, -0.15) is 0 Å². The Labute approximate surface area is 126 Å². The molecular formula is C16H16O6. The van der Waals surface area contributed by atoms with Crippen LogP contribution in [0, 0.1) is 0 Å². The van der Waals surface area contributed by atoms with Crippen molar-refractivity contribution in [2.24, 2.45) is 0 Å². The minimum atomic E-state index is -0.429. The first-order valence-electron chi connectivity index (χ1n) is 7.05. The maximum atomic E-state index is 11.7. The summed E-state index contributed by atoms with van der Waals surface area (Å²) >= 11 is 0. The Morgan fingerprint density at radius 1 is 1.23 bits per heavy atom. The van der Waals surface area contributed by atoms with E-state index in [2.05, 4.69) is 0 Å². The van der Waals surface area contributed by atoms with Crippen molar-refractivity contribution in [3.63, 3.8) is 0 Å². The fraction of sp³-hybridized carbons (Fsp3) is 0.438. The van der Waals surface area contributed by atoms with Crippen LogP contribution in [0.5, 0.6) is 11.5 Å². The Bertz CT molecular complexity index is 810. The highest BCUT2D eigenvalue weighted by Gasteiger charge is 2.63. The number of hydrogen-bond acceptors (Lipinski definition) is 6. The minimum Gasteiger partial charge on any atom is -0.496 e. The van der Waals surface area contributed by atoms with Gasteiger partial charge in [0, 0.05) is 12.1 Å². The van der Waals surface area contributed by atoms with Gasteiger partial charge in [-0.05, 0) is 13.0 Å². The highest BCUT2D eigenvalue weighted by atomic mass is 16.7. The molecule has 0 amide bonds. The molecule has 3 atom stereocenters. The molecule has 3 heterocycles. The van der Waals surface area contributed by atoms with Crippen LogP contribution in [0.3, 0.4) is 0 Å². The molecule has 0 bridgehead atoms. The van der Waals surface area contributed by atoms with E-state index in [0.717, 1.165) is 0 Å². The molecule has 116 valence electrons. The van der Waals surface area contributed by atoms with E-state index in [1.807, 2.05) is 6.92 Å². The maximum absolute atomic E-state index is 11.7. The van der Waals surface area contributed by atoms with Crippen molar-refractivity contribution < 1.29 is 23.4 Å². The second-order valence-electron chi connectivity index (χ2n) is 5.77. The van der Waals surface area contributed by atoms with E-state index in [0.29, 0.717) is 34.6 Å². The summed E-state index contributed by atoms with van der Waals surface area (Å²) in [6.07, 6.45) is -0.373. The fourth-order valence-corrected chi connectivity index (χ4v) is 3.14. The lowest BCUT2D eigenvalue weighted by Crippen LogP contribution is -2.10. The molecule has 0 radical (unpaired) electrons. The zero-order valence-corrected chi connectivity index (χ0v) is 12.5. The van der Waals surface area contributed by atoms with Gasteiger partial charge in [0.05, 0.1) is 31.8 Å². The first-order valence-corrected chi connectivity index (χ1v) is 7.05. The Morgan fingerprint density at radius 3 is 2.59 bits per heavy atom. The molecule has 0 spiro atoms. The predicted molar refractivity (Wildman–Crippen MR) is 77.6 cm³/mol. The molecule has 6 nitrogen and oxygen atoms in total. The largest absolute Gasteiger partial charge is 0.496 e. The van der Waals surface area contributed by atoms with Crippen molar-refractivity contribution in [3.05, 3.63) is 34.2 Å². The number of rotatable bonds is 3. The van der Waals surface area contributed by atoms with Gasteiger partial charge < -0.3 is 23.4 Å². The molecule has 1 aromatic carbocycles. The summed E-state index contributed by atoms with van der Waals surface area (Å²) < 4.78 is 27.9. The lowest BCUT2D eigenvalue weighted by Gasteiger charge is -2.18. The molecule has 2 aliphatic rings. The van der Waals surface area contributed by atoms with E-state index >= 15 is 0 Å². The molecule has 0 aliphatic carbocycles. The van der Waals surface area contributed by atoms with Crippen molar-refractivity contribution in [2.75, 3.05) is 20.8 Å². The third-order valence-electron chi connectivity index (χ3n) is 4.36. The molecule has 1 aromatic heterocycles. The van der Waals surface area contributed by atoms with Crippen molar-refractivity contribution in [2.45, 2.75) is 24.7 Å². The van der Waals surface area contributed by atoms with Gasteiger partial charge in [-0.3, -0.25) is 0 Å². The van der Waals surface area contributed by atoms with Gasteiger partial charge in [0.2, 0.25) is 0 Å². The molecule has 22 heavy (non-hydrogen) atoms. The summed E-state index contributed by atoms with van der Waals surface area (Å²) in [4.78, 5) is 11.7. The van der Waals surface area contributed by atoms with Gasteiger partial charge in [-0.1, -0.05) is 0 Å². The van der Waals surface area contributed by atoms with Crippen LogP contribution >= 0.6 is 0 Å². The number of epoxide rings is 1. The third-order valence-corrected chi connectivity index (χ3v) is 4.36. The van der Waals surface area contributed by atoms with Crippen molar-refractivity contribution >= 4 is 11.0 Å². The second-order valence-corrected chi connectivity index (χ2v) is 5.77. The van der Waals surface area contributed by atoms with Crippen LogP contribution in [-0.4, -0.2) is 32.5 Å². The molecule has 0 N–H and O–H groups in total. The summed E-state index contributed by atoms with van der Waals surface area (Å²) in [6, 6.07) is 4.83. The minimum absolute atomic E-state index is 0.0523. The molecule has 2 fully saturated rings. The van der Waals surface area contributed by atoms with Gasteiger partial charge in [-0.25, -0.2) is 4.79 Å². The van der Waals surface area contributed by atoms with E-state index in [1.165, 1.54) is 6.07 Å². The number of fused-ring (bicyclic) bond motifs is 2. The highest BCUT2D eigenvalue weighted by molar-refractivity contribution is 5.89. The SMILES string of the molecule is COc1cc(OC)c2ccc(=O)oc2c1[C@@H]1OC[C@@]2(C)O[C@@H]12. The lowest BCUT2D eigenvalue weighted by atomic mass is 9.98. The summed E-state index contributed by atoms with van der Waals surface area (Å²) in [6.45, 7) is 2.52. The second kappa shape index (κ2) is 4.47. The Hall–Kier alpha value is -2.05. The Balaban J connectivity index is 1.99. The van der Waals surface area contributed by atoms with E-state index in [4.69, 9.17) is 23.4 Å². The van der Waals surface area contributed by atoms with E-state index in [1.54, 1.807) is 26.4 Å². The van der Waals surface area contributed by atoms with Gasteiger partial charge in [0.15, 0.2) is 5.58 Å². The quantitative estimate of drug-likeness (QED) is 0.638. The summed E-state index contributed by atoms with van der Waals surface area (Å²) in [7, 11) is 3.12. The molecular weight excluding hydrogens is 288 g/mol. The molecule has 0 saturated carbocycles. The Kier molecular flexibility index (Phi) is 2.76. The number of hydrogen-bond donors (Lipinski definition) is 0. The highest BCUT2D eigenvalue weighted by Crippen LogP contribution is 2.55. The topological polar surface area (TPSA) is 70.4 Å². The molecule has 2 saturated heterocycles. The van der Waals surface area contributed by atoms with E-state index in [-0.39, 0.29) is 17.8 Å². The fourth-order valence-electron chi connectivity index (χ4n) is 3.14. The van der Waals surface area contributed by atoms with Gasteiger partial charge in [-0.15, -0.1) is 0 Å². The summed E-state index contributed by atoms with van der Waals surface area (Å²) in [5.74, 6) is 1.14. The first kappa shape index (κ1) is 13.6. The zero-order chi connectivity index (χ0) is 15.5. The number of ether oxygens (including phenoxy) is 4. The Morgan fingerprint density at radius 2 is 2.00 bits per heavy atom. The molecule has 2 aromatic rings. The molecule has 4 rings (SSSR count). The van der Waals surface area contributed by atoms with Gasteiger partial charge in [0.1, 0.15) is 29.3 Å². The van der Waals surface area contributed by atoms with Crippen molar-refractivity contribution in [3.8, 4) is 11.5 Å². The number of benzene rings is 1. The number of methoxy groups -OCH3 is 2. The lowest BCUT2D eigenvalue weighted by molar-refractivity contribution is 0.0116. The van der Waals surface area contributed by atoms with E-state index < -0.39 is 5.63 Å². The van der Waals surface area contributed by atoms with Gasteiger partial charge >= 0.3 is 5.63 Å².